The molecular formula is C16H20N2O5S. The molecule has 2 atom stereocenters. The van der Waals surface area contributed by atoms with Gasteiger partial charge in [0.15, 0.2) is 6.10 Å². The first-order chi connectivity index (χ1) is 11.5. The third-order valence-corrected chi connectivity index (χ3v) is 5.18. The van der Waals surface area contributed by atoms with Crippen molar-refractivity contribution >= 4 is 29.1 Å². The molecule has 0 unspecified atom stereocenters. The largest absolute Gasteiger partial charge is 0.479 e. The van der Waals surface area contributed by atoms with Gasteiger partial charge in [-0.3, -0.25) is 9.59 Å². The van der Waals surface area contributed by atoms with Crippen LogP contribution in [-0.2, 0) is 14.3 Å². The molecule has 130 valence electrons. The zero-order chi connectivity index (χ0) is 17.1. The van der Waals surface area contributed by atoms with E-state index in [9.17, 15) is 14.4 Å². The highest BCUT2D eigenvalue weighted by Crippen LogP contribution is 2.23. The molecule has 0 aromatic carbocycles. The number of carboxylic acids is 1. The number of aliphatic carboxylic acids is 1. The van der Waals surface area contributed by atoms with Gasteiger partial charge in [-0.25, -0.2) is 4.79 Å². The average Bonchev–Trinajstić information content (AvgIpc) is 3.26. The molecule has 3 heterocycles. The molecule has 1 aromatic heterocycles. The van der Waals surface area contributed by atoms with Gasteiger partial charge >= 0.3 is 5.97 Å². The van der Waals surface area contributed by atoms with E-state index >= 15 is 0 Å². The highest BCUT2D eigenvalue weighted by molar-refractivity contribution is 7.08. The maximum absolute atomic E-state index is 12.4. The number of nitrogens with zero attached hydrogens (tertiary/aromatic N) is 1. The monoisotopic (exact) mass is 352 g/mol. The number of hydrogen-bond acceptors (Lipinski definition) is 5. The van der Waals surface area contributed by atoms with Crippen LogP contribution in [0.15, 0.2) is 16.8 Å². The second kappa shape index (κ2) is 7.31. The first kappa shape index (κ1) is 16.9. The van der Waals surface area contributed by atoms with Crippen molar-refractivity contribution in [1.82, 2.24) is 10.2 Å². The van der Waals surface area contributed by atoms with Gasteiger partial charge in [0.05, 0.1) is 0 Å². The number of rotatable bonds is 4. The zero-order valence-electron chi connectivity index (χ0n) is 13.1. The van der Waals surface area contributed by atoms with E-state index in [0.717, 1.165) is 0 Å². The number of carbonyl (C=O) groups is 3. The molecule has 3 rings (SSSR count). The van der Waals surface area contributed by atoms with Crippen LogP contribution in [0.2, 0.25) is 0 Å². The van der Waals surface area contributed by atoms with Crippen LogP contribution >= 0.6 is 11.3 Å². The third-order valence-electron chi connectivity index (χ3n) is 4.50. The average molecular weight is 352 g/mol. The van der Waals surface area contributed by atoms with Crippen LogP contribution in [0.1, 0.15) is 36.0 Å². The zero-order valence-corrected chi connectivity index (χ0v) is 14.0. The number of ether oxygens (including phenoxy) is 1. The van der Waals surface area contributed by atoms with Gasteiger partial charge < -0.3 is 20.1 Å². The summed E-state index contributed by atoms with van der Waals surface area (Å²) in [6.45, 7) is 1.09. The lowest BCUT2D eigenvalue weighted by Crippen LogP contribution is -2.49. The fourth-order valence-electron chi connectivity index (χ4n) is 3.11. The van der Waals surface area contributed by atoms with Gasteiger partial charge in [0.2, 0.25) is 0 Å². The quantitative estimate of drug-likeness (QED) is 0.846. The Labute approximate surface area is 143 Å². The summed E-state index contributed by atoms with van der Waals surface area (Å²) in [5.74, 6) is -1.23. The van der Waals surface area contributed by atoms with Gasteiger partial charge in [-0.2, -0.15) is 11.3 Å². The highest BCUT2D eigenvalue weighted by Gasteiger charge is 2.37. The number of piperidine rings is 1. The summed E-state index contributed by atoms with van der Waals surface area (Å²) in [6, 6.07) is 1.84. The molecule has 0 bridgehead atoms. The molecule has 2 aliphatic heterocycles. The van der Waals surface area contributed by atoms with E-state index in [4.69, 9.17) is 9.84 Å². The van der Waals surface area contributed by atoms with E-state index in [0.29, 0.717) is 44.3 Å². The molecule has 8 heteroatoms. The lowest BCUT2D eigenvalue weighted by Gasteiger charge is -2.33. The van der Waals surface area contributed by atoms with Crippen molar-refractivity contribution in [3.05, 3.63) is 22.4 Å². The van der Waals surface area contributed by atoms with Gasteiger partial charge in [0.25, 0.3) is 11.8 Å². The summed E-state index contributed by atoms with van der Waals surface area (Å²) in [5.41, 5.74) is 0.664. The number of likely N-dealkylation sites (tertiary alicyclic amines) is 1. The highest BCUT2D eigenvalue weighted by atomic mass is 32.1. The summed E-state index contributed by atoms with van der Waals surface area (Å²) in [4.78, 5) is 37.1. The van der Waals surface area contributed by atoms with E-state index < -0.39 is 18.2 Å². The molecule has 2 aliphatic rings. The first-order valence-electron chi connectivity index (χ1n) is 8.04. The van der Waals surface area contributed by atoms with Gasteiger partial charge in [0, 0.05) is 30.1 Å². The van der Waals surface area contributed by atoms with Gasteiger partial charge in [-0.05, 0) is 37.1 Å². The third kappa shape index (κ3) is 3.76. The van der Waals surface area contributed by atoms with E-state index in [-0.39, 0.29) is 17.9 Å². The summed E-state index contributed by atoms with van der Waals surface area (Å²) >= 11 is 1.48. The second-order valence-corrected chi connectivity index (χ2v) is 6.89. The topological polar surface area (TPSA) is 95.9 Å². The van der Waals surface area contributed by atoms with Crippen LogP contribution in [0.5, 0.6) is 0 Å². The minimum Gasteiger partial charge on any atom is -0.479 e. The van der Waals surface area contributed by atoms with Crippen LogP contribution in [0.25, 0.3) is 0 Å². The molecule has 0 radical (unpaired) electrons. The molecule has 2 amide bonds. The van der Waals surface area contributed by atoms with Crippen LogP contribution in [0, 0.1) is 0 Å². The van der Waals surface area contributed by atoms with Gasteiger partial charge in [0.1, 0.15) is 6.10 Å². The number of thiophene rings is 1. The van der Waals surface area contributed by atoms with Crippen LogP contribution in [0.3, 0.4) is 0 Å². The van der Waals surface area contributed by atoms with Crippen molar-refractivity contribution in [2.24, 2.45) is 0 Å². The lowest BCUT2D eigenvalue weighted by atomic mass is 10.0. The Hall–Kier alpha value is -1.93. The Morgan fingerprint density at radius 3 is 2.46 bits per heavy atom. The predicted molar refractivity (Wildman–Crippen MR) is 86.9 cm³/mol. The lowest BCUT2D eigenvalue weighted by molar-refractivity contribution is -0.155. The number of amides is 2. The Balaban J connectivity index is 1.46. The molecule has 2 saturated heterocycles. The number of carboxylic acid groups (broad SMARTS) is 1. The van der Waals surface area contributed by atoms with Crippen molar-refractivity contribution in [2.75, 3.05) is 13.1 Å². The molecular weight excluding hydrogens is 332 g/mol. The van der Waals surface area contributed by atoms with Crippen molar-refractivity contribution in [3.63, 3.8) is 0 Å². The number of nitrogens with one attached hydrogen (secondary N) is 1. The molecule has 0 saturated carbocycles. The summed E-state index contributed by atoms with van der Waals surface area (Å²) in [7, 11) is 0. The minimum absolute atomic E-state index is 0.0534. The Bertz CT molecular complexity index is 610. The van der Waals surface area contributed by atoms with Gasteiger partial charge in [-0.15, -0.1) is 0 Å². The maximum atomic E-state index is 12.4. The molecule has 24 heavy (non-hydrogen) atoms. The fraction of sp³-hybridized carbons (Fsp3) is 0.562. The first-order valence-corrected chi connectivity index (χ1v) is 8.99. The Morgan fingerprint density at radius 2 is 1.88 bits per heavy atom. The van der Waals surface area contributed by atoms with E-state index in [2.05, 4.69) is 5.32 Å². The molecule has 2 N–H and O–H groups in total. The van der Waals surface area contributed by atoms with Crippen molar-refractivity contribution in [3.8, 4) is 0 Å². The normalized spacial score (nSPS) is 24.8. The van der Waals surface area contributed by atoms with Crippen molar-refractivity contribution in [1.29, 1.82) is 0 Å². The summed E-state index contributed by atoms with van der Waals surface area (Å²) in [5, 5.41) is 15.6. The molecule has 7 nitrogen and oxygen atoms in total. The van der Waals surface area contributed by atoms with Crippen molar-refractivity contribution < 1.29 is 24.2 Å². The molecule has 0 spiro atoms. The predicted octanol–water partition coefficient (Wildman–Crippen LogP) is 1.10. The van der Waals surface area contributed by atoms with E-state index in [1.54, 1.807) is 11.0 Å². The minimum atomic E-state index is -1.01. The second-order valence-electron chi connectivity index (χ2n) is 6.11. The number of hydrogen-bond donors (Lipinski definition) is 2. The fourth-order valence-corrected chi connectivity index (χ4v) is 3.75. The van der Waals surface area contributed by atoms with Crippen LogP contribution in [0.4, 0.5) is 0 Å². The molecule has 0 aliphatic carbocycles. The van der Waals surface area contributed by atoms with E-state index in [1.807, 2.05) is 10.8 Å². The molecule has 2 fully saturated rings. The van der Waals surface area contributed by atoms with Crippen LogP contribution < -0.4 is 5.32 Å². The maximum Gasteiger partial charge on any atom is 0.332 e. The molecule has 1 aromatic rings. The SMILES string of the molecule is O=C(NC1CCN(C(=O)[C@@H]2CC[C@H](C(=O)O)O2)CC1)c1ccsc1. The van der Waals surface area contributed by atoms with Crippen molar-refractivity contribution in [2.45, 2.75) is 43.9 Å². The van der Waals surface area contributed by atoms with E-state index in [1.165, 1.54) is 11.3 Å². The van der Waals surface area contributed by atoms with Crippen LogP contribution in [-0.4, -0.2) is 59.1 Å². The number of carbonyl (C=O) groups excluding carboxylic acids is 2. The van der Waals surface area contributed by atoms with Gasteiger partial charge in [-0.1, -0.05) is 0 Å². The Kier molecular flexibility index (Phi) is 5.15. The smallest absolute Gasteiger partial charge is 0.332 e. The standard InChI is InChI=1S/C16H20N2O5S/c19-14(10-5-8-24-9-10)17-11-3-6-18(7-4-11)15(20)12-1-2-13(23-12)16(21)22/h5,8-9,11-13H,1-4,6-7H2,(H,17,19)(H,21,22)/t12-,13+/m0/s1. The Morgan fingerprint density at radius 1 is 1.17 bits per heavy atom. The summed E-state index contributed by atoms with van der Waals surface area (Å²) < 4.78 is 5.32. The summed E-state index contributed by atoms with van der Waals surface area (Å²) in [6.07, 6.45) is 0.682.